The Morgan fingerprint density at radius 1 is 1.12 bits per heavy atom. The number of nitrogens with one attached hydrogen (secondary N) is 1. The van der Waals surface area contributed by atoms with Gasteiger partial charge < -0.3 is 11.1 Å². The second kappa shape index (κ2) is 5.82. The molecule has 6 heteroatoms. The van der Waals surface area contributed by atoms with E-state index < -0.39 is 5.54 Å². The molecule has 0 radical (unpaired) electrons. The molecule has 3 N–H and O–H groups in total. The first-order chi connectivity index (χ1) is 12.0. The minimum absolute atomic E-state index is 0.267. The summed E-state index contributed by atoms with van der Waals surface area (Å²) in [6.45, 7) is 0. The maximum Gasteiger partial charge on any atom is 0.245 e. The fraction of sp³-hybridized carbons (Fsp3) is 0.158. The zero-order valence-electron chi connectivity index (χ0n) is 13.4. The normalized spacial score (nSPS) is 15.0. The van der Waals surface area contributed by atoms with Crippen LogP contribution < -0.4 is 11.1 Å². The summed E-state index contributed by atoms with van der Waals surface area (Å²) in [6, 6.07) is 14.2. The van der Waals surface area contributed by atoms with E-state index in [0.717, 1.165) is 11.1 Å². The van der Waals surface area contributed by atoms with Crippen LogP contribution in [0.3, 0.4) is 0 Å². The molecule has 0 spiro atoms. The summed E-state index contributed by atoms with van der Waals surface area (Å²) in [5.41, 5.74) is 8.36. The lowest BCUT2D eigenvalue weighted by Gasteiger charge is -2.21. The van der Waals surface area contributed by atoms with Gasteiger partial charge in [0, 0.05) is 0 Å². The van der Waals surface area contributed by atoms with Crippen molar-refractivity contribution in [2.24, 2.45) is 5.73 Å². The Kier molecular flexibility index (Phi) is 3.62. The van der Waals surface area contributed by atoms with Crippen LogP contribution in [0.1, 0.15) is 11.1 Å². The van der Waals surface area contributed by atoms with E-state index in [9.17, 15) is 9.18 Å². The zero-order chi connectivity index (χ0) is 17.4. The molecule has 2 aromatic carbocycles. The second-order valence-electron chi connectivity index (χ2n) is 6.36. The fourth-order valence-corrected chi connectivity index (χ4v) is 3.22. The molecule has 4 rings (SSSR count). The van der Waals surface area contributed by atoms with Gasteiger partial charge in [-0.3, -0.25) is 4.79 Å². The number of nitrogens with zero attached hydrogens (tertiary/aromatic N) is 2. The molecule has 0 saturated heterocycles. The van der Waals surface area contributed by atoms with Crippen molar-refractivity contribution in [1.82, 2.24) is 9.78 Å². The van der Waals surface area contributed by atoms with Gasteiger partial charge in [0.1, 0.15) is 17.0 Å². The van der Waals surface area contributed by atoms with Crippen LogP contribution in [0.15, 0.2) is 60.9 Å². The molecule has 0 atom stereocenters. The average Bonchev–Trinajstić information content (AvgIpc) is 3.19. The van der Waals surface area contributed by atoms with Crippen LogP contribution in [0.25, 0.3) is 5.69 Å². The van der Waals surface area contributed by atoms with Crippen LogP contribution in [0.2, 0.25) is 0 Å². The number of carbonyl (C=O) groups is 1. The van der Waals surface area contributed by atoms with E-state index in [1.807, 2.05) is 24.3 Å². The third kappa shape index (κ3) is 2.81. The molecule has 1 aliphatic carbocycles. The lowest BCUT2D eigenvalue weighted by molar-refractivity contribution is -0.120. The summed E-state index contributed by atoms with van der Waals surface area (Å²) in [6.07, 6.45) is 4.05. The van der Waals surface area contributed by atoms with Crippen LogP contribution in [-0.4, -0.2) is 21.2 Å². The minimum Gasteiger partial charge on any atom is -0.322 e. The quantitative estimate of drug-likeness (QED) is 0.772. The van der Waals surface area contributed by atoms with E-state index in [0.29, 0.717) is 24.2 Å². The Morgan fingerprint density at radius 3 is 2.44 bits per heavy atom. The zero-order valence-corrected chi connectivity index (χ0v) is 13.4. The monoisotopic (exact) mass is 336 g/mol. The standard InChI is InChI=1S/C19H17FN4O/c20-16-7-3-4-8-17(16)24-12-15(11-22-24)23-18(25)19(21)9-13-5-1-2-6-14(13)10-19/h1-8,11-12H,9-10,21H2,(H,23,25). The molecule has 1 aliphatic rings. The number of aromatic nitrogens is 2. The molecular formula is C19H17FN4O. The topological polar surface area (TPSA) is 72.9 Å². The van der Waals surface area contributed by atoms with Crippen LogP contribution in [0.5, 0.6) is 0 Å². The van der Waals surface area contributed by atoms with Crippen molar-refractivity contribution in [1.29, 1.82) is 0 Å². The molecule has 3 aromatic rings. The highest BCUT2D eigenvalue weighted by Crippen LogP contribution is 2.29. The van der Waals surface area contributed by atoms with Crippen LogP contribution in [0.4, 0.5) is 10.1 Å². The van der Waals surface area contributed by atoms with Crippen molar-refractivity contribution in [3.8, 4) is 5.69 Å². The number of hydrogen-bond acceptors (Lipinski definition) is 3. The van der Waals surface area contributed by atoms with Crippen molar-refractivity contribution in [2.75, 3.05) is 5.32 Å². The third-order valence-electron chi connectivity index (χ3n) is 4.52. The molecule has 0 saturated carbocycles. The van der Waals surface area contributed by atoms with E-state index in [1.54, 1.807) is 24.4 Å². The molecule has 0 unspecified atom stereocenters. The number of halogens is 1. The number of para-hydroxylation sites is 1. The predicted octanol–water partition coefficient (Wildman–Crippen LogP) is 2.45. The summed E-state index contributed by atoms with van der Waals surface area (Å²) in [5, 5.41) is 6.91. The largest absolute Gasteiger partial charge is 0.322 e. The van der Waals surface area contributed by atoms with E-state index >= 15 is 0 Å². The van der Waals surface area contributed by atoms with E-state index in [2.05, 4.69) is 10.4 Å². The Morgan fingerprint density at radius 2 is 1.76 bits per heavy atom. The summed E-state index contributed by atoms with van der Waals surface area (Å²) < 4.78 is 15.2. The Labute approximate surface area is 144 Å². The van der Waals surface area contributed by atoms with Gasteiger partial charge >= 0.3 is 0 Å². The van der Waals surface area contributed by atoms with Gasteiger partial charge in [0.25, 0.3) is 0 Å². The van der Waals surface area contributed by atoms with Crippen LogP contribution in [-0.2, 0) is 17.6 Å². The Balaban J connectivity index is 1.52. The SMILES string of the molecule is NC1(C(=O)Nc2cnn(-c3ccccc3F)c2)Cc2ccccc2C1. The summed E-state index contributed by atoms with van der Waals surface area (Å²) in [7, 11) is 0. The number of amides is 1. The number of fused-ring (bicyclic) bond motifs is 1. The maximum atomic E-state index is 13.8. The molecule has 1 heterocycles. The van der Waals surface area contributed by atoms with Crippen molar-refractivity contribution in [3.63, 3.8) is 0 Å². The number of nitrogens with two attached hydrogens (primary N) is 1. The highest BCUT2D eigenvalue weighted by Gasteiger charge is 2.40. The summed E-state index contributed by atoms with van der Waals surface area (Å²) in [4.78, 5) is 12.7. The summed E-state index contributed by atoms with van der Waals surface area (Å²) in [5.74, 6) is -0.651. The number of rotatable bonds is 3. The van der Waals surface area contributed by atoms with Crippen molar-refractivity contribution < 1.29 is 9.18 Å². The lowest BCUT2D eigenvalue weighted by atomic mass is 9.96. The maximum absolute atomic E-state index is 13.8. The van der Waals surface area contributed by atoms with Gasteiger partial charge in [0.05, 0.1) is 18.1 Å². The molecule has 1 amide bonds. The number of hydrogen-bond donors (Lipinski definition) is 2. The Bertz CT molecular complexity index is 925. The van der Waals surface area contributed by atoms with Gasteiger partial charge in [-0.1, -0.05) is 36.4 Å². The highest BCUT2D eigenvalue weighted by atomic mass is 19.1. The first kappa shape index (κ1) is 15.5. The third-order valence-corrected chi connectivity index (χ3v) is 4.52. The number of carbonyl (C=O) groups excluding carboxylic acids is 1. The van der Waals surface area contributed by atoms with E-state index in [1.165, 1.54) is 16.9 Å². The second-order valence-corrected chi connectivity index (χ2v) is 6.36. The molecule has 5 nitrogen and oxygen atoms in total. The molecule has 1 aromatic heterocycles. The first-order valence-electron chi connectivity index (χ1n) is 8.02. The van der Waals surface area contributed by atoms with Crippen molar-refractivity contribution >= 4 is 11.6 Å². The van der Waals surface area contributed by atoms with Crippen LogP contribution in [0, 0.1) is 5.82 Å². The predicted molar refractivity (Wildman–Crippen MR) is 92.9 cm³/mol. The molecule has 25 heavy (non-hydrogen) atoms. The van der Waals surface area contributed by atoms with Crippen molar-refractivity contribution in [2.45, 2.75) is 18.4 Å². The smallest absolute Gasteiger partial charge is 0.245 e. The Hall–Kier alpha value is -2.99. The van der Waals surface area contributed by atoms with Gasteiger partial charge in [-0.2, -0.15) is 5.10 Å². The van der Waals surface area contributed by atoms with E-state index in [-0.39, 0.29) is 11.7 Å². The molecule has 126 valence electrons. The average molecular weight is 336 g/mol. The fourth-order valence-electron chi connectivity index (χ4n) is 3.22. The van der Waals surface area contributed by atoms with Gasteiger partial charge in [-0.25, -0.2) is 9.07 Å². The molecular weight excluding hydrogens is 319 g/mol. The molecule has 0 fully saturated rings. The van der Waals surface area contributed by atoms with Gasteiger partial charge in [0.15, 0.2) is 0 Å². The summed E-state index contributed by atoms with van der Waals surface area (Å²) >= 11 is 0. The van der Waals surface area contributed by atoms with Gasteiger partial charge in [-0.15, -0.1) is 0 Å². The van der Waals surface area contributed by atoms with Gasteiger partial charge in [-0.05, 0) is 36.1 Å². The minimum atomic E-state index is -0.982. The lowest BCUT2D eigenvalue weighted by Crippen LogP contribution is -2.52. The highest BCUT2D eigenvalue weighted by molar-refractivity contribution is 5.99. The number of benzene rings is 2. The van der Waals surface area contributed by atoms with Crippen LogP contribution >= 0.6 is 0 Å². The number of anilines is 1. The van der Waals surface area contributed by atoms with Crippen molar-refractivity contribution in [3.05, 3.63) is 77.9 Å². The molecule has 0 aliphatic heterocycles. The first-order valence-corrected chi connectivity index (χ1v) is 8.02. The van der Waals surface area contributed by atoms with Gasteiger partial charge in [0.2, 0.25) is 5.91 Å². The molecule has 0 bridgehead atoms. The van der Waals surface area contributed by atoms with E-state index in [4.69, 9.17) is 5.73 Å².